The van der Waals surface area contributed by atoms with Crippen LogP contribution in [0.4, 0.5) is 0 Å². The molecule has 0 bridgehead atoms. The number of hydrogen-bond donors (Lipinski definition) is 1. The van der Waals surface area contributed by atoms with Crippen LogP contribution in [0.15, 0.2) is 24.3 Å². The molecule has 22 heavy (non-hydrogen) atoms. The fourth-order valence-electron chi connectivity index (χ4n) is 3.58. The van der Waals surface area contributed by atoms with E-state index in [1.54, 1.807) is 0 Å². The third kappa shape index (κ3) is 3.43. The largest absolute Gasteiger partial charge is 0.490 e. The number of hydrogen-bond acceptors (Lipinski definition) is 3. The second kappa shape index (κ2) is 7.14. The molecule has 0 aromatic heterocycles. The number of likely N-dealkylation sites (tertiary alicyclic amines) is 1. The van der Waals surface area contributed by atoms with E-state index in [2.05, 4.69) is 0 Å². The molecule has 1 saturated carbocycles. The van der Waals surface area contributed by atoms with Gasteiger partial charge in [0, 0.05) is 24.7 Å². The summed E-state index contributed by atoms with van der Waals surface area (Å²) in [7, 11) is 0. The van der Waals surface area contributed by atoms with Crippen molar-refractivity contribution in [1.82, 2.24) is 4.90 Å². The molecule has 1 aromatic carbocycles. The maximum absolute atomic E-state index is 12.8. The van der Waals surface area contributed by atoms with Gasteiger partial charge in [0.15, 0.2) is 0 Å². The van der Waals surface area contributed by atoms with Crippen molar-refractivity contribution in [2.24, 2.45) is 5.73 Å². The number of ether oxygens (including phenoxy) is 1. The predicted molar refractivity (Wildman–Crippen MR) is 87.1 cm³/mol. The highest BCUT2D eigenvalue weighted by Gasteiger charge is 2.26. The van der Waals surface area contributed by atoms with E-state index >= 15 is 0 Å². The van der Waals surface area contributed by atoms with E-state index < -0.39 is 0 Å². The van der Waals surface area contributed by atoms with Gasteiger partial charge in [-0.2, -0.15) is 0 Å². The minimum atomic E-state index is 0.0898. The minimum absolute atomic E-state index is 0.0898. The number of amides is 1. The zero-order chi connectivity index (χ0) is 15.4. The van der Waals surface area contributed by atoms with E-state index in [1.165, 1.54) is 12.8 Å². The van der Waals surface area contributed by atoms with Crippen molar-refractivity contribution in [3.8, 4) is 5.75 Å². The lowest BCUT2D eigenvalue weighted by Gasteiger charge is -2.35. The average Bonchev–Trinajstić information content (AvgIpc) is 3.07. The first-order valence-electron chi connectivity index (χ1n) is 8.55. The van der Waals surface area contributed by atoms with E-state index in [0.29, 0.717) is 12.6 Å². The summed E-state index contributed by atoms with van der Waals surface area (Å²) in [6, 6.07) is 7.82. The number of rotatable bonds is 4. The Bertz CT molecular complexity index is 512. The van der Waals surface area contributed by atoms with Crippen LogP contribution >= 0.6 is 0 Å². The number of piperidine rings is 1. The lowest BCUT2D eigenvalue weighted by atomic mass is 10.0. The zero-order valence-corrected chi connectivity index (χ0v) is 13.2. The highest BCUT2D eigenvalue weighted by Crippen LogP contribution is 2.26. The van der Waals surface area contributed by atoms with Gasteiger partial charge in [0.25, 0.3) is 5.91 Å². The van der Waals surface area contributed by atoms with Crippen LogP contribution in [0.1, 0.15) is 55.3 Å². The van der Waals surface area contributed by atoms with Crippen molar-refractivity contribution in [1.29, 1.82) is 0 Å². The normalized spacial score (nSPS) is 22.8. The van der Waals surface area contributed by atoms with Gasteiger partial charge >= 0.3 is 0 Å². The van der Waals surface area contributed by atoms with Crippen molar-refractivity contribution in [2.45, 2.75) is 57.1 Å². The topological polar surface area (TPSA) is 55.6 Å². The minimum Gasteiger partial charge on any atom is -0.490 e. The molecule has 1 amide bonds. The summed E-state index contributed by atoms with van der Waals surface area (Å²) in [6.07, 6.45) is 8.30. The van der Waals surface area contributed by atoms with Gasteiger partial charge in [-0.1, -0.05) is 6.07 Å². The number of carbonyl (C=O) groups is 1. The molecule has 1 unspecified atom stereocenters. The lowest BCUT2D eigenvalue weighted by molar-refractivity contribution is 0.0622. The van der Waals surface area contributed by atoms with Crippen molar-refractivity contribution < 1.29 is 9.53 Å². The first kappa shape index (κ1) is 15.3. The van der Waals surface area contributed by atoms with Gasteiger partial charge < -0.3 is 15.4 Å². The summed E-state index contributed by atoms with van der Waals surface area (Å²) in [5, 5.41) is 0. The average molecular weight is 302 g/mol. The van der Waals surface area contributed by atoms with Crippen molar-refractivity contribution in [2.75, 3.05) is 13.1 Å². The molecule has 0 radical (unpaired) electrons. The summed E-state index contributed by atoms with van der Waals surface area (Å²) in [6.45, 7) is 1.36. The SMILES string of the molecule is NCC1CCCCN1C(=O)c1cccc(OC2CCCC2)c1. The second-order valence-electron chi connectivity index (χ2n) is 6.44. The van der Waals surface area contributed by atoms with E-state index in [0.717, 1.165) is 50.0 Å². The molecular weight excluding hydrogens is 276 g/mol. The molecule has 1 aliphatic carbocycles. The molecule has 2 aliphatic rings. The van der Waals surface area contributed by atoms with Crippen LogP contribution < -0.4 is 10.5 Å². The van der Waals surface area contributed by atoms with E-state index in [4.69, 9.17) is 10.5 Å². The Morgan fingerprint density at radius 1 is 1.18 bits per heavy atom. The van der Waals surface area contributed by atoms with Gasteiger partial charge in [-0.3, -0.25) is 4.79 Å². The van der Waals surface area contributed by atoms with Crippen molar-refractivity contribution >= 4 is 5.91 Å². The molecule has 1 saturated heterocycles. The van der Waals surface area contributed by atoms with Gasteiger partial charge in [-0.05, 0) is 63.1 Å². The van der Waals surface area contributed by atoms with Gasteiger partial charge in [-0.25, -0.2) is 0 Å². The molecule has 1 heterocycles. The fraction of sp³-hybridized carbons (Fsp3) is 0.611. The van der Waals surface area contributed by atoms with Gasteiger partial charge in [0.05, 0.1) is 6.10 Å². The Morgan fingerprint density at radius 3 is 2.73 bits per heavy atom. The lowest BCUT2D eigenvalue weighted by Crippen LogP contribution is -2.47. The molecule has 120 valence electrons. The Hall–Kier alpha value is -1.55. The van der Waals surface area contributed by atoms with E-state index in [-0.39, 0.29) is 11.9 Å². The third-order valence-electron chi connectivity index (χ3n) is 4.85. The van der Waals surface area contributed by atoms with Crippen LogP contribution in [-0.2, 0) is 0 Å². The number of nitrogens with zero attached hydrogens (tertiary/aromatic N) is 1. The molecule has 1 aromatic rings. The molecule has 2 N–H and O–H groups in total. The molecular formula is C18H26N2O2. The molecule has 2 fully saturated rings. The fourth-order valence-corrected chi connectivity index (χ4v) is 3.58. The summed E-state index contributed by atoms with van der Waals surface area (Å²) < 4.78 is 6.01. The van der Waals surface area contributed by atoms with Crippen LogP contribution in [0.5, 0.6) is 5.75 Å². The molecule has 3 rings (SSSR count). The van der Waals surface area contributed by atoms with Crippen LogP contribution in [0.2, 0.25) is 0 Å². The Labute approximate surface area is 132 Å². The first-order valence-corrected chi connectivity index (χ1v) is 8.55. The molecule has 4 heteroatoms. The molecule has 1 atom stereocenters. The van der Waals surface area contributed by atoms with Gasteiger partial charge in [0.1, 0.15) is 5.75 Å². The molecule has 1 aliphatic heterocycles. The summed E-state index contributed by atoms with van der Waals surface area (Å²) in [4.78, 5) is 14.7. The quantitative estimate of drug-likeness (QED) is 0.930. The number of carbonyl (C=O) groups excluding carboxylic acids is 1. The summed E-state index contributed by atoms with van der Waals surface area (Å²) in [5.74, 6) is 0.908. The standard InChI is InChI=1S/C18H26N2O2/c19-13-15-7-3-4-11-20(15)18(21)14-6-5-10-17(12-14)22-16-8-1-2-9-16/h5-6,10,12,15-16H,1-4,7-9,11,13,19H2. The van der Waals surface area contributed by atoms with Gasteiger partial charge in [-0.15, -0.1) is 0 Å². The van der Waals surface area contributed by atoms with E-state index in [9.17, 15) is 4.79 Å². The summed E-state index contributed by atoms with van der Waals surface area (Å²) in [5.41, 5.74) is 6.55. The number of benzene rings is 1. The van der Waals surface area contributed by atoms with Crippen molar-refractivity contribution in [3.63, 3.8) is 0 Å². The number of nitrogens with two attached hydrogens (primary N) is 1. The molecule has 4 nitrogen and oxygen atoms in total. The third-order valence-corrected chi connectivity index (χ3v) is 4.85. The van der Waals surface area contributed by atoms with Crippen LogP contribution in [0, 0.1) is 0 Å². The Kier molecular flexibility index (Phi) is 4.98. The zero-order valence-electron chi connectivity index (χ0n) is 13.2. The van der Waals surface area contributed by atoms with Crippen LogP contribution in [0.3, 0.4) is 0 Å². The Balaban J connectivity index is 1.71. The first-order chi connectivity index (χ1) is 10.8. The van der Waals surface area contributed by atoms with E-state index in [1.807, 2.05) is 29.2 Å². The predicted octanol–water partition coefficient (Wildman–Crippen LogP) is 2.96. The smallest absolute Gasteiger partial charge is 0.254 e. The molecule has 0 spiro atoms. The van der Waals surface area contributed by atoms with Crippen LogP contribution in [0.25, 0.3) is 0 Å². The van der Waals surface area contributed by atoms with Crippen LogP contribution in [-0.4, -0.2) is 36.0 Å². The monoisotopic (exact) mass is 302 g/mol. The van der Waals surface area contributed by atoms with Gasteiger partial charge in [0.2, 0.25) is 0 Å². The summed E-state index contributed by atoms with van der Waals surface area (Å²) >= 11 is 0. The maximum Gasteiger partial charge on any atom is 0.254 e. The second-order valence-corrected chi connectivity index (χ2v) is 6.44. The highest BCUT2D eigenvalue weighted by molar-refractivity contribution is 5.94. The van der Waals surface area contributed by atoms with Crippen molar-refractivity contribution in [3.05, 3.63) is 29.8 Å². The Morgan fingerprint density at radius 2 is 1.95 bits per heavy atom. The maximum atomic E-state index is 12.8. The highest BCUT2D eigenvalue weighted by atomic mass is 16.5.